The van der Waals surface area contributed by atoms with Crippen LogP contribution in [0.4, 0.5) is 0 Å². The Balaban J connectivity index is 3.30. The van der Waals surface area contributed by atoms with E-state index in [0.29, 0.717) is 24.3 Å². The number of benzene rings is 1. The highest BCUT2D eigenvalue weighted by Crippen LogP contribution is 2.24. The summed E-state index contributed by atoms with van der Waals surface area (Å²) in [4.78, 5) is 23.9. The maximum Gasteiger partial charge on any atom is 0.338 e. The molecule has 0 saturated heterocycles. The van der Waals surface area contributed by atoms with Crippen molar-refractivity contribution in [3.05, 3.63) is 33.9 Å². The monoisotopic (exact) mass is 278 g/mol. The van der Waals surface area contributed by atoms with Crippen LogP contribution in [0.5, 0.6) is 0 Å². The Labute approximate surface area is 120 Å². The van der Waals surface area contributed by atoms with E-state index in [1.54, 1.807) is 13.8 Å². The van der Waals surface area contributed by atoms with E-state index in [2.05, 4.69) is 0 Å². The molecule has 0 bridgehead atoms. The predicted octanol–water partition coefficient (Wildman–Crippen LogP) is 2.89. The zero-order valence-electron chi connectivity index (χ0n) is 12.8. The highest BCUT2D eigenvalue weighted by molar-refractivity contribution is 5.94. The molecule has 4 nitrogen and oxygen atoms in total. The van der Waals surface area contributed by atoms with Crippen LogP contribution in [0.1, 0.15) is 46.5 Å². The van der Waals surface area contributed by atoms with Crippen molar-refractivity contribution in [1.29, 1.82) is 0 Å². The van der Waals surface area contributed by atoms with Gasteiger partial charge >= 0.3 is 11.9 Å². The zero-order valence-corrected chi connectivity index (χ0v) is 12.8. The molecule has 4 heteroatoms. The van der Waals surface area contributed by atoms with Crippen LogP contribution >= 0.6 is 0 Å². The Morgan fingerprint density at radius 1 is 1.00 bits per heavy atom. The second-order valence-electron chi connectivity index (χ2n) is 4.69. The van der Waals surface area contributed by atoms with E-state index in [4.69, 9.17) is 9.47 Å². The Bertz CT molecular complexity index is 518. The summed E-state index contributed by atoms with van der Waals surface area (Å²) in [5.74, 6) is -0.710. The molecular formula is C16H22O4. The third-order valence-corrected chi connectivity index (χ3v) is 3.28. The van der Waals surface area contributed by atoms with Crippen LogP contribution in [0.25, 0.3) is 0 Å². The highest BCUT2D eigenvalue weighted by atomic mass is 16.5. The lowest BCUT2D eigenvalue weighted by molar-refractivity contribution is -0.142. The van der Waals surface area contributed by atoms with Gasteiger partial charge < -0.3 is 9.47 Å². The van der Waals surface area contributed by atoms with Crippen molar-refractivity contribution in [2.45, 2.75) is 41.0 Å². The van der Waals surface area contributed by atoms with Crippen molar-refractivity contribution >= 4 is 11.9 Å². The number of hydrogen-bond donors (Lipinski definition) is 0. The smallest absolute Gasteiger partial charge is 0.338 e. The molecule has 0 aromatic heterocycles. The maximum absolute atomic E-state index is 12.1. The molecule has 0 atom stereocenters. The number of esters is 2. The Morgan fingerprint density at radius 3 is 2.15 bits per heavy atom. The van der Waals surface area contributed by atoms with E-state index in [9.17, 15) is 9.59 Å². The molecule has 0 amide bonds. The Kier molecular flexibility index (Phi) is 5.74. The molecule has 0 saturated carbocycles. The van der Waals surface area contributed by atoms with Gasteiger partial charge in [0.15, 0.2) is 0 Å². The van der Waals surface area contributed by atoms with E-state index in [-0.39, 0.29) is 18.4 Å². The molecule has 0 aliphatic rings. The fourth-order valence-electron chi connectivity index (χ4n) is 2.23. The molecular weight excluding hydrogens is 256 g/mol. The third kappa shape index (κ3) is 3.59. The van der Waals surface area contributed by atoms with Crippen LogP contribution in [0, 0.1) is 20.8 Å². The van der Waals surface area contributed by atoms with Gasteiger partial charge in [-0.05, 0) is 56.9 Å². The van der Waals surface area contributed by atoms with Gasteiger partial charge in [-0.3, -0.25) is 4.79 Å². The van der Waals surface area contributed by atoms with E-state index < -0.39 is 0 Å². The first-order valence-corrected chi connectivity index (χ1v) is 6.84. The number of aryl methyl sites for hydroxylation is 2. The van der Waals surface area contributed by atoms with E-state index in [0.717, 1.165) is 16.7 Å². The van der Waals surface area contributed by atoms with E-state index in [1.807, 2.05) is 26.8 Å². The summed E-state index contributed by atoms with van der Waals surface area (Å²) >= 11 is 0. The average molecular weight is 278 g/mol. The van der Waals surface area contributed by atoms with Gasteiger partial charge in [-0.1, -0.05) is 6.07 Å². The standard InChI is InChI=1S/C16H22O4/c1-6-19-14(17)9-13-12(5)10(3)8-11(4)15(13)16(18)20-7-2/h8H,6-7,9H2,1-5H3. The minimum absolute atomic E-state index is 0.0936. The number of rotatable bonds is 5. The van der Waals surface area contributed by atoms with E-state index >= 15 is 0 Å². The van der Waals surface area contributed by atoms with Crippen LogP contribution in [0.15, 0.2) is 6.07 Å². The second-order valence-corrected chi connectivity index (χ2v) is 4.69. The van der Waals surface area contributed by atoms with Gasteiger partial charge in [-0.25, -0.2) is 4.79 Å². The van der Waals surface area contributed by atoms with Crippen LogP contribution < -0.4 is 0 Å². The summed E-state index contributed by atoms with van der Waals surface area (Å²) in [6.45, 7) is 9.89. The summed E-state index contributed by atoms with van der Waals surface area (Å²) in [7, 11) is 0. The number of carbonyl (C=O) groups excluding carboxylic acids is 2. The molecule has 0 heterocycles. The largest absolute Gasteiger partial charge is 0.466 e. The molecule has 110 valence electrons. The van der Waals surface area contributed by atoms with Crippen LogP contribution in [-0.4, -0.2) is 25.2 Å². The lowest BCUT2D eigenvalue weighted by Crippen LogP contribution is -2.17. The van der Waals surface area contributed by atoms with Crippen molar-refractivity contribution < 1.29 is 19.1 Å². The molecule has 0 unspecified atom stereocenters. The van der Waals surface area contributed by atoms with Crippen LogP contribution in [0.2, 0.25) is 0 Å². The molecule has 0 fully saturated rings. The van der Waals surface area contributed by atoms with Crippen LogP contribution in [0.3, 0.4) is 0 Å². The minimum atomic E-state index is -0.382. The molecule has 0 aliphatic carbocycles. The first-order valence-electron chi connectivity index (χ1n) is 6.84. The molecule has 0 N–H and O–H groups in total. The van der Waals surface area contributed by atoms with Crippen molar-refractivity contribution in [3.63, 3.8) is 0 Å². The van der Waals surface area contributed by atoms with Crippen molar-refractivity contribution in [2.75, 3.05) is 13.2 Å². The molecule has 0 spiro atoms. The van der Waals surface area contributed by atoms with Crippen molar-refractivity contribution in [2.24, 2.45) is 0 Å². The predicted molar refractivity (Wildman–Crippen MR) is 76.9 cm³/mol. The van der Waals surface area contributed by atoms with Gasteiger partial charge in [-0.2, -0.15) is 0 Å². The minimum Gasteiger partial charge on any atom is -0.466 e. The summed E-state index contributed by atoms with van der Waals surface area (Å²) in [6, 6.07) is 1.94. The van der Waals surface area contributed by atoms with Gasteiger partial charge in [0.1, 0.15) is 0 Å². The first-order chi connectivity index (χ1) is 9.42. The van der Waals surface area contributed by atoms with Gasteiger partial charge in [0.05, 0.1) is 25.2 Å². The Hall–Kier alpha value is -1.84. The summed E-state index contributed by atoms with van der Waals surface area (Å²) in [5, 5.41) is 0. The molecule has 1 aromatic rings. The highest BCUT2D eigenvalue weighted by Gasteiger charge is 2.21. The fourth-order valence-corrected chi connectivity index (χ4v) is 2.23. The van der Waals surface area contributed by atoms with E-state index in [1.165, 1.54) is 0 Å². The van der Waals surface area contributed by atoms with Crippen LogP contribution in [-0.2, 0) is 20.7 Å². The SMILES string of the molecule is CCOC(=O)Cc1c(C)c(C)cc(C)c1C(=O)OCC. The number of hydrogen-bond acceptors (Lipinski definition) is 4. The van der Waals surface area contributed by atoms with Gasteiger partial charge in [0.2, 0.25) is 0 Å². The molecule has 20 heavy (non-hydrogen) atoms. The summed E-state index contributed by atoms with van der Waals surface area (Å²) in [5.41, 5.74) is 4.01. The molecule has 1 rings (SSSR count). The number of carbonyl (C=O) groups is 2. The summed E-state index contributed by atoms with van der Waals surface area (Å²) in [6.07, 6.45) is 0.0936. The lowest BCUT2D eigenvalue weighted by atomic mass is 9.91. The average Bonchev–Trinajstić information content (AvgIpc) is 2.36. The second kappa shape index (κ2) is 7.08. The number of ether oxygens (including phenoxy) is 2. The topological polar surface area (TPSA) is 52.6 Å². The third-order valence-electron chi connectivity index (χ3n) is 3.28. The quantitative estimate of drug-likeness (QED) is 0.777. The van der Waals surface area contributed by atoms with Gasteiger partial charge in [0.25, 0.3) is 0 Å². The van der Waals surface area contributed by atoms with Gasteiger partial charge in [-0.15, -0.1) is 0 Å². The normalized spacial score (nSPS) is 10.2. The fraction of sp³-hybridized carbons (Fsp3) is 0.500. The summed E-state index contributed by atoms with van der Waals surface area (Å²) < 4.78 is 10.1. The Morgan fingerprint density at radius 2 is 1.60 bits per heavy atom. The first kappa shape index (κ1) is 16.2. The van der Waals surface area contributed by atoms with Gasteiger partial charge in [0, 0.05) is 0 Å². The maximum atomic E-state index is 12.1. The zero-order chi connectivity index (χ0) is 15.3. The molecule has 0 aliphatic heterocycles. The molecule has 1 aromatic carbocycles. The molecule has 0 radical (unpaired) electrons. The lowest BCUT2D eigenvalue weighted by Gasteiger charge is -2.16. The van der Waals surface area contributed by atoms with Crippen molar-refractivity contribution in [3.8, 4) is 0 Å². The van der Waals surface area contributed by atoms with Crippen molar-refractivity contribution in [1.82, 2.24) is 0 Å².